The van der Waals surface area contributed by atoms with E-state index in [1.54, 1.807) is 0 Å². The fourth-order valence-electron chi connectivity index (χ4n) is 0.337. The van der Waals surface area contributed by atoms with Gasteiger partial charge in [0.25, 0.3) is 0 Å². The summed E-state index contributed by atoms with van der Waals surface area (Å²) >= 11 is 5.58. The minimum absolute atomic E-state index is 1.00. The number of nitrogens with zero attached hydrogens (tertiary/aromatic N) is 1. The van der Waals surface area contributed by atoms with Gasteiger partial charge in [-0.15, -0.1) is 12.6 Å². The van der Waals surface area contributed by atoms with Gasteiger partial charge in [0.05, 0.1) is 4.24 Å². The average Bonchev–Trinajstić information content (AvgIpc) is 1.87. The largest absolute Gasteiger partial charge is 0.307 e. The van der Waals surface area contributed by atoms with E-state index in [1.807, 2.05) is 18.3 Å². The lowest BCUT2D eigenvalue weighted by atomic mass is 10.9. The molecule has 2 nitrogen and oxygen atoms in total. The molecule has 0 aromatic carbocycles. The van der Waals surface area contributed by atoms with Crippen LogP contribution in [0.15, 0.2) is 10.4 Å². The van der Waals surface area contributed by atoms with Crippen molar-refractivity contribution in [1.82, 2.24) is 9.84 Å². The van der Waals surface area contributed by atoms with Crippen LogP contribution in [0.4, 0.5) is 0 Å². The topological polar surface area (TPSA) is 15.3 Å². The summed E-state index contributed by atoms with van der Waals surface area (Å²) < 4.78 is 1.00. The van der Waals surface area contributed by atoms with Gasteiger partial charge in [-0.25, -0.2) is 0 Å². The Kier molecular flexibility index (Phi) is 1.51. The van der Waals surface area contributed by atoms with E-state index in [0.717, 1.165) is 4.24 Å². The number of hydrazine groups is 1. The van der Waals surface area contributed by atoms with E-state index >= 15 is 0 Å². The van der Waals surface area contributed by atoms with Crippen molar-refractivity contribution in [2.45, 2.75) is 0 Å². The molecule has 0 atom stereocenters. The summed E-state index contributed by atoms with van der Waals surface area (Å²) in [6.07, 6.45) is 1.91. The molecule has 1 aliphatic heterocycles. The molecular weight excluding hydrogens is 128 g/mol. The van der Waals surface area contributed by atoms with Crippen molar-refractivity contribution in [3.8, 4) is 0 Å². The molecule has 1 aliphatic rings. The number of hydrogen-bond acceptors (Lipinski definition) is 4. The summed E-state index contributed by atoms with van der Waals surface area (Å²) in [7, 11) is 1.93. The normalized spacial score (nSPS) is 20.3. The van der Waals surface area contributed by atoms with Crippen LogP contribution in [0.5, 0.6) is 0 Å². The second kappa shape index (κ2) is 1.98. The lowest BCUT2D eigenvalue weighted by Crippen LogP contribution is -2.17. The molecule has 0 fully saturated rings. The van der Waals surface area contributed by atoms with E-state index in [9.17, 15) is 0 Å². The molecule has 4 heteroatoms. The van der Waals surface area contributed by atoms with Gasteiger partial charge in [0.2, 0.25) is 0 Å². The van der Waals surface area contributed by atoms with Gasteiger partial charge in [-0.2, -0.15) is 4.83 Å². The van der Waals surface area contributed by atoms with Crippen molar-refractivity contribution in [2.24, 2.45) is 0 Å². The van der Waals surface area contributed by atoms with Gasteiger partial charge in [-0.1, -0.05) is 0 Å². The van der Waals surface area contributed by atoms with Gasteiger partial charge < -0.3 is 5.01 Å². The predicted octanol–water partition coefficient (Wildman–Crippen LogP) is 0.813. The summed E-state index contributed by atoms with van der Waals surface area (Å²) in [6, 6.07) is 0. The molecule has 0 spiro atoms. The van der Waals surface area contributed by atoms with Crippen LogP contribution in [0.1, 0.15) is 0 Å². The molecule has 0 unspecified atom stereocenters. The molecular formula is C3H6N2S2. The van der Waals surface area contributed by atoms with Crippen molar-refractivity contribution in [1.29, 1.82) is 0 Å². The smallest absolute Gasteiger partial charge is 0.0716 e. The maximum atomic E-state index is 4.07. The highest BCUT2D eigenvalue weighted by molar-refractivity contribution is 8.14. The zero-order chi connectivity index (χ0) is 5.28. The highest BCUT2D eigenvalue weighted by atomic mass is 32.2. The Labute approximate surface area is 52.5 Å². The minimum atomic E-state index is 1.00. The predicted molar refractivity (Wildman–Crippen MR) is 35.6 cm³/mol. The first-order valence-electron chi connectivity index (χ1n) is 1.85. The lowest BCUT2D eigenvalue weighted by Gasteiger charge is -2.02. The van der Waals surface area contributed by atoms with Gasteiger partial charge in [0, 0.05) is 13.2 Å². The van der Waals surface area contributed by atoms with Crippen molar-refractivity contribution < 1.29 is 0 Å². The van der Waals surface area contributed by atoms with E-state index in [4.69, 9.17) is 0 Å². The third-order valence-electron chi connectivity index (χ3n) is 0.598. The summed E-state index contributed by atoms with van der Waals surface area (Å²) in [5.74, 6) is 0. The van der Waals surface area contributed by atoms with Crippen LogP contribution in [-0.2, 0) is 0 Å². The molecule has 0 amide bonds. The molecule has 7 heavy (non-hydrogen) atoms. The Morgan fingerprint density at radius 3 is 2.86 bits per heavy atom. The highest BCUT2D eigenvalue weighted by Gasteiger charge is 2.02. The number of thiol groups is 1. The molecule has 1 rings (SSSR count). The maximum absolute atomic E-state index is 4.07. The first kappa shape index (κ1) is 5.34. The van der Waals surface area contributed by atoms with Crippen LogP contribution >= 0.6 is 24.6 Å². The number of rotatable bonds is 0. The second-order valence-electron chi connectivity index (χ2n) is 1.27. The van der Waals surface area contributed by atoms with Crippen LogP contribution in [0.2, 0.25) is 0 Å². The van der Waals surface area contributed by atoms with Gasteiger partial charge >= 0.3 is 0 Å². The number of hydrogen-bond donors (Lipinski definition) is 2. The van der Waals surface area contributed by atoms with Gasteiger partial charge in [-0.3, -0.25) is 0 Å². The van der Waals surface area contributed by atoms with E-state index < -0.39 is 0 Å². The molecule has 0 radical (unpaired) electrons. The van der Waals surface area contributed by atoms with Crippen LogP contribution in [0.3, 0.4) is 0 Å². The van der Waals surface area contributed by atoms with Crippen LogP contribution in [0.25, 0.3) is 0 Å². The third kappa shape index (κ3) is 1.29. The lowest BCUT2D eigenvalue weighted by molar-refractivity contribution is 0.444. The molecule has 0 bridgehead atoms. The van der Waals surface area contributed by atoms with Gasteiger partial charge in [0.1, 0.15) is 0 Å². The van der Waals surface area contributed by atoms with E-state index in [-0.39, 0.29) is 0 Å². The van der Waals surface area contributed by atoms with Crippen molar-refractivity contribution in [2.75, 3.05) is 7.05 Å². The Morgan fingerprint density at radius 2 is 2.71 bits per heavy atom. The highest BCUT2D eigenvalue weighted by Crippen LogP contribution is 2.21. The fourth-order valence-corrected chi connectivity index (χ4v) is 1.13. The Morgan fingerprint density at radius 1 is 2.00 bits per heavy atom. The van der Waals surface area contributed by atoms with Crippen LogP contribution in [0, 0.1) is 0 Å². The Hall–Kier alpha value is 0.200. The summed E-state index contributed by atoms with van der Waals surface area (Å²) in [6.45, 7) is 0. The van der Waals surface area contributed by atoms with E-state index in [2.05, 4.69) is 17.5 Å². The summed E-state index contributed by atoms with van der Waals surface area (Å²) in [5.41, 5.74) is 0. The Bertz CT molecular complexity index is 101. The molecule has 0 aromatic rings. The second-order valence-corrected chi connectivity index (χ2v) is 2.88. The van der Waals surface area contributed by atoms with Crippen molar-refractivity contribution >= 4 is 24.6 Å². The fraction of sp³-hybridized carbons (Fsp3) is 0.333. The van der Waals surface area contributed by atoms with Crippen molar-refractivity contribution in [3.63, 3.8) is 0 Å². The zero-order valence-corrected chi connectivity index (χ0v) is 5.59. The Balaban J connectivity index is 2.50. The first-order valence-corrected chi connectivity index (χ1v) is 3.11. The first-order chi connectivity index (χ1) is 3.29. The number of nitrogens with one attached hydrogen (secondary N) is 1. The molecule has 40 valence electrons. The van der Waals surface area contributed by atoms with Crippen LogP contribution in [-0.4, -0.2) is 12.1 Å². The summed E-state index contributed by atoms with van der Waals surface area (Å²) in [5, 5.41) is 1.85. The monoisotopic (exact) mass is 134 g/mol. The summed E-state index contributed by atoms with van der Waals surface area (Å²) in [4.78, 5) is 2.95. The average molecular weight is 134 g/mol. The minimum Gasteiger partial charge on any atom is -0.307 e. The van der Waals surface area contributed by atoms with E-state index in [1.165, 1.54) is 11.9 Å². The molecule has 0 saturated heterocycles. The van der Waals surface area contributed by atoms with Crippen molar-refractivity contribution in [3.05, 3.63) is 10.4 Å². The molecule has 0 aliphatic carbocycles. The quantitative estimate of drug-likeness (QED) is 0.377. The van der Waals surface area contributed by atoms with Gasteiger partial charge in [-0.05, 0) is 11.9 Å². The van der Waals surface area contributed by atoms with E-state index in [0.29, 0.717) is 0 Å². The molecule has 0 aromatic heterocycles. The van der Waals surface area contributed by atoms with Gasteiger partial charge in [0.15, 0.2) is 0 Å². The molecule has 0 saturated carbocycles. The molecule has 1 N–H and O–H groups in total. The standard InChI is InChI=1S/C3H6N2S2/c1-5-2-3(6)7-4-5/h2,4,6H,1H3. The SMILES string of the molecule is CN1C=C(S)SN1. The van der Waals surface area contributed by atoms with Crippen LogP contribution < -0.4 is 4.83 Å². The zero-order valence-electron chi connectivity index (χ0n) is 3.88. The third-order valence-corrected chi connectivity index (χ3v) is 1.68. The molecule has 1 heterocycles. The maximum Gasteiger partial charge on any atom is 0.0716 e.